The quantitative estimate of drug-likeness (QED) is 0.807. The predicted molar refractivity (Wildman–Crippen MR) is 84.6 cm³/mol. The van der Waals surface area contributed by atoms with Crippen molar-refractivity contribution in [1.82, 2.24) is 4.90 Å². The van der Waals surface area contributed by atoms with Crippen molar-refractivity contribution in [3.8, 4) is 5.75 Å². The number of hydrogen-bond acceptors (Lipinski definition) is 4. The van der Waals surface area contributed by atoms with Gasteiger partial charge >= 0.3 is 0 Å². The highest BCUT2D eigenvalue weighted by atomic mass is 16.3. The monoisotopic (exact) mass is 299 g/mol. The lowest BCUT2D eigenvalue weighted by atomic mass is 9.84. The van der Waals surface area contributed by atoms with Crippen LogP contribution in [0, 0.1) is 0 Å². The Hall–Kier alpha value is -1.88. The van der Waals surface area contributed by atoms with Gasteiger partial charge in [0.2, 0.25) is 0 Å². The maximum absolute atomic E-state index is 10.4. The van der Waals surface area contributed by atoms with Crippen LogP contribution in [0.3, 0.4) is 0 Å². The minimum absolute atomic E-state index is 0.189. The van der Waals surface area contributed by atoms with Gasteiger partial charge in [-0.15, -0.1) is 0 Å². The number of aliphatic hydroxyl groups excluding tert-OH is 2. The van der Waals surface area contributed by atoms with Crippen LogP contribution in [0.4, 0.5) is 0 Å². The largest absolute Gasteiger partial charge is 0.508 e. The summed E-state index contributed by atoms with van der Waals surface area (Å²) in [4.78, 5) is 2.07. The molecule has 2 aromatic rings. The third kappa shape index (κ3) is 3.30. The van der Waals surface area contributed by atoms with Crippen LogP contribution in [0.25, 0.3) is 0 Å². The Bertz CT molecular complexity index is 587. The number of hydrogen-bond donors (Lipinski definition) is 3. The van der Waals surface area contributed by atoms with Crippen LogP contribution < -0.4 is 0 Å². The Morgan fingerprint density at radius 1 is 0.864 bits per heavy atom. The number of phenols is 1. The summed E-state index contributed by atoms with van der Waals surface area (Å²) in [5.41, 5.74) is 2.03. The number of β-amino-alcohol motifs (C(OH)–C–C–N with tert-alkyl or cyclic N) is 2. The highest BCUT2D eigenvalue weighted by Crippen LogP contribution is 2.30. The van der Waals surface area contributed by atoms with Crippen molar-refractivity contribution < 1.29 is 15.3 Å². The topological polar surface area (TPSA) is 63.9 Å². The molecule has 0 aliphatic carbocycles. The van der Waals surface area contributed by atoms with Crippen molar-refractivity contribution in [3.05, 3.63) is 65.7 Å². The van der Waals surface area contributed by atoms with Gasteiger partial charge in [0.05, 0.1) is 12.2 Å². The number of likely N-dealkylation sites (tertiary alicyclic amines) is 1. The summed E-state index contributed by atoms with van der Waals surface area (Å²) in [6.07, 6.45) is -1.26. The summed E-state index contributed by atoms with van der Waals surface area (Å²) >= 11 is 0. The van der Waals surface area contributed by atoms with Gasteiger partial charge in [0.25, 0.3) is 0 Å². The van der Waals surface area contributed by atoms with E-state index in [9.17, 15) is 15.3 Å². The number of phenolic OH excluding ortho intramolecular Hbond substituents is 1. The van der Waals surface area contributed by atoms with Crippen molar-refractivity contribution in [2.24, 2.45) is 0 Å². The first-order chi connectivity index (χ1) is 10.6. The lowest BCUT2D eigenvalue weighted by molar-refractivity contribution is -0.0321. The Balaban J connectivity index is 1.70. The number of benzene rings is 2. The molecule has 0 saturated carbocycles. The summed E-state index contributed by atoms with van der Waals surface area (Å²) in [5.74, 6) is -0.123. The molecule has 1 aliphatic rings. The van der Waals surface area contributed by atoms with Gasteiger partial charge < -0.3 is 15.3 Å². The Morgan fingerprint density at radius 2 is 1.45 bits per heavy atom. The molecule has 3 atom stereocenters. The maximum atomic E-state index is 10.4. The van der Waals surface area contributed by atoms with Crippen molar-refractivity contribution >= 4 is 0 Å². The number of rotatable bonds is 3. The van der Waals surface area contributed by atoms with E-state index in [-0.39, 0.29) is 11.7 Å². The van der Waals surface area contributed by atoms with E-state index in [0.29, 0.717) is 13.1 Å². The van der Waals surface area contributed by atoms with Crippen molar-refractivity contribution in [2.45, 2.75) is 24.7 Å². The summed E-state index contributed by atoms with van der Waals surface area (Å²) in [7, 11) is 0. The molecule has 4 nitrogen and oxygen atoms in total. The van der Waals surface area contributed by atoms with Gasteiger partial charge in [-0.05, 0) is 23.3 Å². The van der Waals surface area contributed by atoms with Gasteiger partial charge in [0.15, 0.2) is 0 Å². The average molecular weight is 299 g/mol. The van der Waals surface area contributed by atoms with Crippen molar-refractivity contribution in [3.63, 3.8) is 0 Å². The second-order valence-corrected chi connectivity index (χ2v) is 5.93. The number of aromatic hydroxyl groups is 1. The lowest BCUT2D eigenvalue weighted by Crippen LogP contribution is -2.50. The molecule has 2 aromatic carbocycles. The van der Waals surface area contributed by atoms with E-state index in [2.05, 4.69) is 4.90 Å². The van der Waals surface area contributed by atoms with E-state index in [0.717, 1.165) is 12.1 Å². The van der Waals surface area contributed by atoms with Crippen molar-refractivity contribution in [2.75, 3.05) is 13.1 Å². The molecule has 1 fully saturated rings. The summed E-state index contributed by atoms with van der Waals surface area (Å²) in [5, 5.41) is 30.3. The van der Waals surface area contributed by atoms with Gasteiger partial charge in [-0.3, -0.25) is 4.90 Å². The van der Waals surface area contributed by atoms with E-state index in [4.69, 9.17) is 0 Å². The van der Waals surface area contributed by atoms with E-state index in [1.54, 1.807) is 24.3 Å². The molecule has 4 heteroatoms. The minimum atomic E-state index is -0.628. The number of aliphatic hydroxyl groups is 2. The van der Waals surface area contributed by atoms with Gasteiger partial charge in [-0.2, -0.15) is 0 Å². The molecular weight excluding hydrogens is 278 g/mol. The van der Waals surface area contributed by atoms with Crippen LogP contribution in [0.5, 0.6) is 5.75 Å². The zero-order valence-corrected chi connectivity index (χ0v) is 12.3. The summed E-state index contributed by atoms with van der Waals surface area (Å²) < 4.78 is 0. The summed E-state index contributed by atoms with van der Waals surface area (Å²) in [6.45, 7) is 1.77. The molecule has 0 radical (unpaired) electrons. The predicted octanol–water partition coefficient (Wildman–Crippen LogP) is 1.71. The van der Waals surface area contributed by atoms with Crippen molar-refractivity contribution in [1.29, 1.82) is 0 Å². The molecule has 2 unspecified atom stereocenters. The van der Waals surface area contributed by atoms with E-state index >= 15 is 0 Å². The lowest BCUT2D eigenvalue weighted by Gasteiger charge is -2.39. The number of piperidine rings is 1. The molecule has 0 spiro atoms. The fourth-order valence-corrected chi connectivity index (χ4v) is 3.20. The molecular formula is C18H21NO3. The second kappa shape index (κ2) is 6.48. The van der Waals surface area contributed by atoms with Crippen LogP contribution >= 0.6 is 0 Å². The average Bonchev–Trinajstić information content (AvgIpc) is 2.49. The molecule has 0 amide bonds. The first-order valence-corrected chi connectivity index (χ1v) is 7.55. The van der Waals surface area contributed by atoms with Crippen LogP contribution in [-0.4, -0.2) is 45.5 Å². The molecule has 0 aromatic heterocycles. The van der Waals surface area contributed by atoms with Gasteiger partial charge in [-0.1, -0.05) is 42.5 Å². The van der Waals surface area contributed by atoms with Gasteiger partial charge in [0, 0.05) is 25.6 Å². The minimum Gasteiger partial charge on any atom is -0.508 e. The van der Waals surface area contributed by atoms with Crippen LogP contribution in [0.15, 0.2) is 54.6 Å². The standard InChI is InChI=1S/C18H21NO3/c20-15-8-6-14(7-9-15)18-16(21)11-19(12-17(18)22)10-13-4-2-1-3-5-13/h1-9,16-18,20-22H,10-12H2/t16-,17?,18?/m0/s1. The smallest absolute Gasteiger partial charge is 0.115 e. The Morgan fingerprint density at radius 3 is 2.05 bits per heavy atom. The molecule has 3 rings (SSSR count). The first-order valence-electron chi connectivity index (χ1n) is 7.55. The zero-order valence-electron chi connectivity index (χ0n) is 12.3. The normalized spacial score (nSPS) is 26.0. The van der Waals surface area contributed by atoms with Crippen LogP contribution in [-0.2, 0) is 6.54 Å². The molecule has 1 aliphatic heterocycles. The fourth-order valence-electron chi connectivity index (χ4n) is 3.20. The van der Waals surface area contributed by atoms with Crippen LogP contribution in [0.1, 0.15) is 17.0 Å². The van der Waals surface area contributed by atoms with Gasteiger partial charge in [0.1, 0.15) is 5.75 Å². The Labute approximate surface area is 130 Å². The third-order valence-corrected chi connectivity index (χ3v) is 4.25. The highest BCUT2D eigenvalue weighted by Gasteiger charge is 2.35. The first kappa shape index (κ1) is 15.0. The SMILES string of the molecule is Oc1ccc(C2C(O)CN(Cc3ccccc3)C[C@@H]2O)cc1. The fraction of sp³-hybridized carbons (Fsp3) is 0.333. The molecule has 116 valence electrons. The molecule has 1 heterocycles. The van der Waals surface area contributed by atoms with E-state index in [1.807, 2.05) is 30.3 Å². The third-order valence-electron chi connectivity index (χ3n) is 4.25. The molecule has 22 heavy (non-hydrogen) atoms. The molecule has 0 bridgehead atoms. The molecule has 1 saturated heterocycles. The Kier molecular flexibility index (Phi) is 4.43. The highest BCUT2D eigenvalue weighted by molar-refractivity contribution is 5.30. The van der Waals surface area contributed by atoms with E-state index < -0.39 is 12.2 Å². The number of nitrogens with zero attached hydrogens (tertiary/aromatic N) is 1. The van der Waals surface area contributed by atoms with E-state index in [1.165, 1.54) is 5.56 Å². The zero-order chi connectivity index (χ0) is 15.5. The molecule has 3 N–H and O–H groups in total. The maximum Gasteiger partial charge on any atom is 0.115 e. The van der Waals surface area contributed by atoms with Crippen LogP contribution in [0.2, 0.25) is 0 Å². The van der Waals surface area contributed by atoms with Gasteiger partial charge in [-0.25, -0.2) is 0 Å². The second-order valence-electron chi connectivity index (χ2n) is 5.93. The summed E-state index contributed by atoms with van der Waals surface area (Å²) in [6, 6.07) is 16.8.